The quantitative estimate of drug-likeness (QED) is 0.748. The summed E-state index contributed by atoms with van der Waals surface area (Å²) >= 11 is 5.81. The Balaban J connectivity index is 1.81. The lowest BCUT2D eigenvalue weighted by molar-refractivity contribution is -0.0497. The number of fused-ring (bicyclic) bond motifs is 1. The number of hydrogen-bond acceptors (Lipinski definition) is 3. The molecule has 0 aliphatic rings. The molecule has 1 N–H and O–H groups in total. The van der Waals surface area contributed by atoms with Crippen LogP contribution < -0.4 is 4.74 Å². The average molecular weight is 357 g/mol. The van der Waals surface area contributed by atoms with Gasteiger partial charge < -0.3 is 9.72 Å². The fourth-order valence-electron chi connectivity index (χ4n) is 2.05. The van der Waals surface area contributed by atoms with E-state index in [1.54, 1.807) is 24.3 Å². The highest BCUT2D eigenvalue weighted by atomic mass is 35.5. The molecular weight excluding hydrogens is 346 g/mol. The highest BCUT2D eigenvalue weighted by Crippen LogP contribution is 2.22. The van der Waals surface area contributed by atoms with Gasteiger partial charge in [0, 0.05) is 11.1 Å². The summed E-state index contributed by atoms with van der Waals surface area (Å²) in [7, 11) is -1.39. The van der Waals surface area contributed by atoms with Crippen LogP contribution in [0.4, 0.5) is 8.78 Å². The zero-order valence-electron chi connectivity index (χ0n) is 11.6. The third-order valence-electron chi connectivity index (χ3n) is 3.08. The first kappa shape index (κ1) is 15.9. The van der Waals surface area contributed by atoms with Crippen molar-refractivity contribution in [3.63, 3.8) is 0 Å². The summed E-state index contributed by atoms with van der Waals surface area (Å²) in [5, 5.41) is 0.888. The Labute approximate surface area is 137 Å². The molecule has 1 aromatic heterocycles. The summed E-state index contributed by atoms with van der Waals surface area (Å²) in [5.74, 6) is 0.295. The first-order chi connectivity index (χ1) is 11.0. The van der Waals surface area contributed by atoms with Crippen molar-refractivity contribution in [1.82, 2.24) is 9.97 Å². The minimum Gasteiger partial charge on any atom is -0.435 e. The predicted octanol–water partition coefficient (Wildman–Crippen LogP) is 4.13. The van der Waals surface area contributed by atoms with Crippen LogP contribution in [-0.4, -0.2) is 20.8 Å². The molecule has 3 rings (SSSR count). The molecule has 0 aliphatic carbocycles. The summed E-state index contributed by atoms with van der Waals surface area (Å²) in [6.45, 7) is -2.89. The first-order valence-electron chi connectivity index (χ1n) is 6.58. The molecule has 1 heterocycles. The number of aromatic nitrogens is 2. The molecule has 0 fully saturated rings. The van der Waals surface area contributed by atoms with Crippen molar-refractivity contribution < 1.29 is 17.7 Å². The number of H-pyrrole nitrogens is 1. The van der Waals surface area contributed by atoms with Crippen LogP contribution in [0.1, 0.15) is 5.56 Å². The molecule has 0 spiro atoms. The van der Waals surface area contributed by atoms with Gasteiger partial charge in [-0.05, 0) is 29.8 Å². The average Bonchev–Trinajstić information content (AvgIpc) is 2.92. The summed E-state index contributed by atoms with van der Waals surface area (Å²) in [5.41, 5.74) is 1.88. The van der Waals surface area contributed by atoms with Crippen molar-refractivity contribution in [3.05, 3.63) is 53.1 Å². The number of imidazole rings is 1. The van der Waals surface area contributed by atoms with Gasteiger partial charge in [0.05, 0.1) is 27.6 Å². The molecule has 0 aliphatic heterocycles. The summed E-state index contributed by atoms with van der Waals surface area (Å²) < 4.78 is 41.1. The zero-order chi connectivity index (χ0) is 16.4. The number of aromatic amines is 1. The van der Waals surface area contributed by atoms with E-state index >= 15 is 0 Å². The van der Waals surface area contributed by atoms with E-state index in [4.69, 9.17) is 11.6 Å². The van der Waals surface area contributed by atoms with Gasteiger partial charge in [0.25, 0.3) is 0 Å². The van der Waals surface area contributed by atoms with E-state index in [2.05, 4.69) is 14.7 Å². The van der Waals surface area contributed by atoms with Crippen molar-refractivity contribution in [1.29, 1.82) is 0 Å². The fraction of sp³-hybridized carbons (Fsp3) is 0.133. The molecule has 0 saturated carbocycles. The molecule has 0 saturated heterocycles. The maximum atomic E-state index is 12.4. The monoisotopic (exact) mass is 356 g/mol. The molecule has 120 valence electrons. The molecule has 23 heavy (non-hydrogen) atoms. The van der Waals surface area contributed by atoms with Gasteiger partial charge in [-0.1, -0.05) is 23.7 Å². The zero-order valence-corrected chi connectivity index (χ0v) is 13.2. The van der Waals surface area contributed by atoms with Crippen LogP contribution in [0.15, 0.2) is 47.6 Å². The summed E-state index contributed by atoms with van der Waals surface area (Å²) in [6.07, 6.45) is 0. The van der Waals surface area contributed by atoms with Crippen molar-refractivity contribution in [2.75, 3.05) is 0 Å². The summed E-state index contributed by atoms with van der Waals surface area (Å²) in [4.78, 5) is 7.10. The van der Waals surface area contributed by atoms with E-state index in [9.17, 15) is 13.0 Å². The van der Waals surface area contributed by atoms with Crippen LogP contribution in [0.2, 0.25) is 5.02 Å². The van der Waals surface area contributed by atoms with Crippen molar-refractivity contribution in [2.45, 2.75) is 17.5 Å². The maximum Gasteiger partial charge on any atom is 0.387 e. The second-order valence-corrected chi connectivity index (χ2v) is 6.52. The molecule has 3 aromatic rings. The van der Waals surface area contributed by atoms with Gasteiger partial charge >= 0.3 is 6.61 Å². The van der Waals surface area contributed by atoms with Gasteiger partial charge in [0.2, 0.25) is 0 Å². The van der Waals surface area contributed by atoms with Crippen LogP contribution in [-0.2, 0) is 16.6 Å². The fourth-order valence-corrected chi connectivity index (χ4v) is 3.23. The van der Waals surface area contributed by atoms with Gasteiger partial charge in [0.1, 0.15) is 5.75 Å². The Hall–Kier alpha value is -1.99. The SMILES string of the molecule is O=S(Cc1ccc(Cl)cc1)c1nc2ccc(OC(F)F)cc2[nH]1. The van der Waals surface area contributed by atoms with Crippen LogP contribution in [0.3, 0.4) is 0 Å². The molecule has 2 aromatic carbocycles. The molecule has 8 heteroatoms. The number of ether oxygens (including phenoxy) is 1. The Morgan fingerprint density at radius 2 is 1.96 bits per heavy atom. The van der Waals surface area contributed by atoms with Gasteiger partial charge in [-0.25, -0.2) is 4.98 Å². The number of hydrogen-bond donors (Lipinski definition) is 1. The van der Waals surface area contributed by atoms with Crippen LogP contribution in [0.25, 0.3) is 11.0 Å². The molecule has 1 unspecified atom stereocenters. The third kappa shape index (κ3) is 3.86. The number of alkyl halides is 2. The highest BCUT2D eigenvalue weighted by molar-refractivity contribution is 7.84. The normalized spacial score (nSPS) is 12.7. The van der Waals surface area contributed by atoms with Gasteiger partial charge in [-0.15, -0.1) is 0 Å². The minimum absolute atomic E-state index is 0.0196. The number of rotatable bonds is 5. The first-order valence-corrected chi connectivity index (χ1v) is 8.28. The van der Waals surface area contributed by atoms with Gasteiger partial charge in [-0.3, -0.25) is 4.21 Å². The number of halogens is 3. The number of nitrogens with one attached hydrogen (secondary N) is 1. The van der Waals surface area contributed by atoms with Crippen LogP contribution in [0.5, 0.6) is 5.75 Å². The van der Waals surface area contributed by atoms with E-state index in [1.807, 2.05) is 0 Å². The van der Waals surface area contributed by atoms with Crippen LogP contribution in [0, 0.1) is 0 Å². The van der Waals surface area contributed by atoms with Crippen molar-refractivity contribution in [3.8, 4) is 5.75 Å². The minimum atomic E-state index is -2.89. The van der Waals surface area contributed by atoms with E-state index < -0.39 is 17.4 Å². The lowest BCUT2D eigenvalue weighted by atomic mass is 10.2. The Bertz CT molecular complexity index is 852. The van der Waals surface area contributed by atoms with E-state index in [1.165, 1.54) is 18.2 Å². The topological polar surface area (TPSA) is 55.0 Å². The highest BCUT2D eigenvalue weighted by Gasteiger charge is 2.12. The molecule has 4 nitrogen and oxygen atoms in total. The van der Waals surface area contributed by atoms with Gasteiger partial charge in [-0.2, -0.15) is 8.78 Å². The second-order valence-electron chi connectivity index (χ2n) is 4.72. The smallest absolute Gasteiger partial charge is 0.387 e. The van der Waals surface area contributed by atoms with E-state index in [0.717, 1.165) is 5.56 Å². The van der Waals surface area contributed by atoms with Crippen molar-refractivity contribution >= 4 is 33.4 Å². The number of benzene rings is 2. The van der Waals surface area contributed by atoms with Crippen LogP contribution >= 0.6 is 11.6 Å². The Kier molecular flexibility index (Phi) is 4.58. The standard InChI is InChI=1S/C15H11ClF2N2O2S/c16-10-3-1-9(2-4-10)8-23(21)15-19-12-6-5-11(22-14(17)18)7-13(12)20-15/h1-7,14H,8H2,(H,19,20). The Morgan fingerprint density at radius 3 is 2.65 bits per heavy atom. The summed E-state index contributed by atoms with van der Waals surface area (Å²) in [6, 6.07) is 11.3. The van der Waals surface area contributed by atoms with Crippen molar-refractivity contribution in [2.24, 2.45) is 0 Å². The largest absolute Gasteiger partial charge is 0.435 e. The predicted molar refractivity (Wildman–Crippen MR) is 84.3 cm³/mol. The molecular formula is C15H11ClF2N2O2S. The van der Waals surface area contributed by atoms with E-state index in [0.29, 0.717) is 16.1 Å². The maximum absolute atomic E-state index is 12.4. The Morgan fingerprint density at radius 1 is 1.22 bits per heavy atom. The molecule has 0 bridgehead atoms. The second kappa shape index (κ2) is 6.64. The third-order valence-corrected chi connectivity index (χ3v) is 4.56. The lowest BCUT2D eigenvalue weighted by Gasteiger charge is -2.02. The number of nitrogens with zero attached hydrogens (tertiary/aromatic N) is 1. The molecule has 0 radical (unpaired) electrons. The molecule has 0 amide bonds. The lowest BCUT2D eigenvalue weighted by Crippen LogP contribution is -2.01. The molecule has 1 atom stereocenters. The van der Waals surface area contributed by atoms with E-state index in [-0.39, 0.29) is 16.7 Å². The van der Waals surface area contributed by atoms with Gasteiger partial charge in [0.15, 0.2) is 5.16 Å².